The van der Waals surface area contributed by atoms with Crippen molar-refractivity contribution in [3.63, 3.8) is 0 Å². The Hall–Kier alpha value is -0.580. The van der Waals surface area contributed by atoms with Crippen molar-refractivity contribution >= 4 is 49.1 Å². The van der Waals surface area contributed by atoms with Crippen LogP contribution >= 0.6 is 43.5 Å². The molecule has 0 fully saturated rings. The summed E-state index contributed by atoms with van der Waals surface area (Å²) in [5.74, 6) is -0.228. The molecular weight excluding hydrogens is 384 g/mol. The summed E-state index contributed by atoms with van der Waals surface area (Å²) in [5.41, 5.74) is 1.45. The van der Waals surface area contributed by atoms with Gasteiger partial charge in [0, 0.05) is 26.7 Å². The maximum Gasteiger partial charge on any atom is 0.128 e. The Kier molecular flexibility index (Phi) is 4.65. The molecule has 94 valence electrons. The zero-order chi connectivity index (χ0) is 13.1. The number of benzene rings is 2. The van der Waals surface area contributed by atoms with Gasteiger partial charge in [-0.25, -0.2) is 4.39 Å². The zero-order valence-corrected chi connectivity index (χ0v) is 13.1. The fraction of sp³-hybridized carbons (Fsp3) is 0.0769. The fourth-order valence-electron chi connectivity index (χ4n) is 1.48. The van der Waals surface area contributed by atoms with Crippen molar-refractivity contribution in [3.8, 4) is 0 Å². The van der Waals surface area contributed by atoms with E-state index in [0.29, 0.717) is 17.1 Å². The molecule has 2 aromatic rings. The lowest BCUT2D eigenvalue weighted by Crippen LogP contribution is -2.01. The van der Waals surface area contributed by atoms with Crippen molar-refractivity contribution in [2.45, 2.75) is 6.54 Å². The number of anilines is 1. The molecule has 2 rings (SSSR count). The molecule has 0 aromatic heterocycles. The molecule has 0 amide bonds. The summed E-state index contributed by atoms with van der Waals surface area (Å²) < 4.78 is 15.2. The van der Waals surface area contributed by atoms with Crippen molar-refractivity contribution in [3.05, 3.63) is 61.7 Å². The zero-order valence-electron chi connectivity index (χ0n) is 9.18. The number of hydrogen-bond donors (Lipinski definition) is 1. The summed E-state index contributed by atoms with van der Waals surface area (Å²) in [6.07, 6.45) is 0. The van der Waals surface area contributed by atoms with Crippen LogP contribution in [0.1, 0.15) is 5.56 Å². The lowest BCUT2D eigenvalue weighted by molar-refractivity contribution is 0.612. The van der Waals surface area contributed by atoms with Gasteiger partial charge >= 0.3 is 0 Å². The van der Waals surface area contributed by atoms with Crippen molar-refractivity contribution < 1.29 is 4.39 Å². The standard InChI is InChI=1S/C13H9Br2ClFN/c14-9-1-4-13(17)8(5-9)7-18-10-2-3-11(15)12(16)6-10/h1-6,18H,7H2. The monoisotopic (exact) mass is 391 g/mol. The van der Waals surface area contributed by atoms with Gasteiger partial charge in [0.15, 0.2) is 0 Å². The summed E-state index contributed by atoms with van der Waals surface area (Å²) in [6.45, 7) is 0.406. The molecule has 5 heteroatoms. The van der Waals surface area contributed by atoms with Gasteiger partial charge in [0.1, 0.15) is 5.82 Å². The molecule has 0 radical (unpaired) electrons. The second kappa shape index (κ2) is 6.04. The number of nitrogens with one attached hydrogen (secondary N) is 1. The van der Waals surface area contributed by atoms with E-state index in [1.165, 1.54) is 6.07 Å². The van der Waals surface area contributed by atoms with Crippen LogP contribution in [0.2, 0.25) is 5.02 Å². The van der Waals surface area contributed by atoms with E-state index in [4.69, 9.17) is 11.6 Å². The van der Waals surface area contributed by atoms with E-state index in [0.717, 1.165) is 14.6 Å². The second-order valence-corrected chi connectivity index (χ2v) is 5.90. The first kappa shape index (κ1) is 13.8. The summed E-state index contributed by atoms with van der Waals surface area (Å²) in [4.78, 5) is 0. The Morgan fingerprint density at radius 3 is 2.61 bits per heavy atom. The molecule has 0 aliphatic carbocycles. The van der Waals surface area contributed by atoms with Gasteiger partial charge in [-0.15, -0.1) is 0 Å². The molecule has 1 N–H and O–H groups in total. The molecule has 0 spiro atoms. The van der Waals surface area contributed by atoms with Crippen LogP contribution in [-0.4, -0.2) is 0 Å². The van der Waals surface area contributed by atoms with Gasteiger partial charge in [-0.2, -0.15) is 0 Å². The highest BCUT2D eigenvalue weighted by molar-refractivity contribution is 9.10. The minimum atomic E-state index is -0.228. The van der Waals surface area contributed by atoms with Crippen LogP contribution in [0, 0.1) is 5.82 Å². The largest absolute Gasteiger partial charge is 0.381 e. The normalized spacial score (nSPS) is 10.4. The van der Waals surface area contributed by atoms with Crippen LogP contribution in [0.3, 0.4) is 0 Å². The maximum atomic E-state index is 13.5. The summed E-state index contributed by atoms with van der Waals surface area (Å²) in [6, 6.07) is 10.4. The first-order valence-electron chi connectivity index (χ1n) is 5.19. The van der Waals surface area contributed by atoms with Crippen molar-refractivity contribution in [1.29, 1.82) is 0 Å². The Labute approximate surface area is 127 Å². The second-order valence-electron chi connectivity index (χ2n) is 3.72. The summed E-state index contributed by atoms with van der Waals surface area (Å²) in [5, 5.41) is 3.75. The number of halogens is 4. The Morgan fingerprint density at radius 1 is 1.11 bits per heavy atom. The third kappa shape index (κ3) is 3.46. The molecule has 0 atom stereocenters. The van der Waals surface area contributed by atoms with E-state index in [1.807, 2.05) is 12.1 Å². The molecule has 0 heterocycles. The Bertz CT molecular complexity index is 575. The van der Waals surface area contributed by atoms with Gasteiger partial charge < -0.3 is 5.32 Å². The van der Waals surface area contributed by atoms with Gasteiger partial charge in [0.05, 0.1) is 5.02 Å². The molecule has 1 nitrogen and oxygen atoms in total. The lowest BCUT2D eigenvalue weighted by Gasteiger charge is -2.09. The molecule has 0 aliphatic rings. The topological polar surface area (TPSA) is 12.0 Å². The molecule has 0 unspecified atom stereocenters. The van der Waals surface area contributed by atoms with E-state index in [1.54, 1.807) is 18.2 Å². The molecule has 18 heavy (non-hydrogen) atoms. The van der Waals surface area contributed by atoms with Crippen LogP contribution in [0.15, 0.2) is 45.3 Å². The van der Waals surface area contributed by atoms with Crippen LogP contribution in [-0.2, 0) is 6.54 Å². The first-order valence-corrected chi connectivity index (χ1v) is 7.15. The highest BCUT2D eigenvalue weighted by atomic mass is 79.9. The lowest BCUT2D eigenvalue weighted by atomic mass is 10.2. The minimum absolute atomic E-state index is 0.228. The first-order chi connectivity index (χ1) is 8.56. The quantitative estimate of drug-likeness (QED) is 0.714. The predicted octanol–water partition coefficient (Wildman–Crippen LogP) is 5.62. The van der Waals surface area contributed by atoms with E-state index in [-0.39, 0.29) is 5.82 Å². The molecule has 0 bridgehead atoms. The van der Waals surface area contributed by atoms with Crippen LogP contribution in [0.4, 0.5) is 10.1 Å². The number of hydrogen-bond acceptors (Lipinski definition) is 1. The highest BCUT2D eigenvalue weighted by Crippen LogP contribution is 2.26. The summed E-state index contributed by atoms with van der Waals surface area (Å²) in [7, 11) is 0. The SMILES string of the molecule is Fc1ccc(Br)cc1CNc1ccc(Br)c(Cl)c1. The van der Waals surface area contributed by atoms with E-state index >= 15 is 0 Å². The minimum Gasteiger partial charge on any atom is -0.381 e. The predicted molar refractivity (Wildman–Crippen MR) is 80.6 cm³/mol. The van der Waals surface area contributed by atoms with Gasteiger partial charge in [-0.05, 0) is 52.3 Å². The molecule has 2 aromatic carbocycles. The van der Waals surface area contributed by atoms with Gasteiger partial charge in [0.25, 0.3) is 0 Å². The molecule has 0 saturated carbocycles. The van der Waals surface area contributed by atoms with Gasteiger partial charge in [-0.3, -0.25) is 0 Å². The highest BCUT2D eigenvalue weighted by Gasteiger charge is 2.04. The van der Waals surface area contributed by atoms with Crippen LogP contribution in [0.25, 0.3) is 0 Å². The Morgan fingerprint density at radius 2 is 1.89 bits per heavy atom. The van der Waals surface area contributed by atoms with E-state index < -0.39 is 0 Å². The fourth-order valence-corrected chi connectivity index (χ4v) is 2.32. The molecule has 0 saturated heterocycles. The molecular formula is C13H9Br2ClFN. The van der Waals surface area contributed by atoms with E-state index in [9.17, 15) is 4.39 Å². The third-order valence-electron chi connectivity index (χ3n) is 2.41. The van der Waals surface area contributed by atoms with Crippen LogP contribution in [0.5, 0.6) is 0 Å². The third-order valence-corrected chi connectivity index (χ3v) is 4.14. The van der Waals surface area contributed by atoms with E-state index in [2.05, 4.69) is 37.2 Å². The average Bonchev–Trinajstić information content (AvgIpc) is 2.34. The number of rotatable bonds is 3. The maximum absolute atomic E-state index is 13.5. The summed E-state index contributed by atoms with van der Waals surface area (Å²) >= 11 is 12.6. The van der Waals surface area contributed by atoms with Crippen molar-refractivity contribution in [2.75, 3.05) is 5.32 Å². The Balaban J connectivity index is 2.11. The average molecular weight is 393 g/mol. The van der Waals surface area contributed by atoms with Crippen molar-refractivity contribution in [1.82, 2.24) is 0 Å². The van der Waals surface area contributed by atoms with Crippen LogP contribution < -0.4 is 5.32 Å². The van der Waals surface area contributed by atoms with Crippen molar-refractivity contribution in [2.24, 2.45) is 0 Å². The smallest absolute Gasteiger partial charge is 0.128 e. The van der Waals surface area contributed by atoms with Gasteiger partial charge in [0.2, 0.25) is 0 Å². The molecule has 0 aliphatic heterocycles. The van der Waals surface area contributed by atoms with Gasteiger partial charge in [-0.1, -0.05) is 27.5 Å².